The molecule has 74 valence electrons. The van der Waals surface area contributed by atoms with Crippen LogP contribution in [0, 0.1) is 0 Å². The molecule has 3 nitrogen and oxygen atoms in total. The summed E-state index contributed by atoms with van der Waals surface area (Å²) in [6.07, 6.45) is 4.96. The number of hydrogen-bond donors (Lipinski definition) is 1. The lowest BCUT2D eigenvalue weighted by Crippen LogP contribution is -2.12. The predicted octanol–water partition coefficient (Wildman–Crippen LogP) is 1.84. The van der Waals surface area contributed by atoms with Gasteiger partial charge in [-0.15, -0.1) is 0 Å². The average Bonchev–Trinajstić information content (AvgIpc) is 2.29. The van der Waals surface area contributed by atoms with Gasteiger partial charge in [0, 0.05) is 12.7 Å². The zero-order valence-corrected chi connectivity index (χ0v) is 8.07. The quantitative estimate of drug-likeness (QED) is 0.738. The summed E-state index contributed by atoms with van der Waals surface area (Å²) >= 11 is 0. The summed E-state index contributed by atoms with van der Waals surface area (Å²) < 4.78 is 5.23. The molecule has 0 atom stereocenters. The molecule has 2 heterocycles. The lowest BCUT2D eigenvalue weighted by molar-refractivity contribution is 0.154. The minimum absolute atomic E-state index is 0.749. The Morgan fingerprint density at radius 1 is 1.43 bits per heavy atom. The summed E-state index contributed by atoms with van der Waals surface area (Å²) in [5.41, 5.74) is 1.40. The van der Waals surface area contributed by atoms with Gasteiger partial charge >= 0.3 is 0 Å². The Morgan fingerprint density at radius 2 is 2.43 bits per heavy atom. The van der Waals surface area contributed by atoms with Gasteiger partial charge in [-0.3, -0.25) is 0 Å². The molecule has 0 spiro atoms. The monoisotopic (exact) mass is 190 g/mol. The zero-order valence-electron chi connectivity index (χ0n) is 8.07. The van der Waals surface area contributed by atoms with E-state index in [1.165, 1.54) is 5.57 Å². The van der Waals surface area contributed by atoms with E-state index < -0.39 is 0 Å². The second kappa shape index (κ2) is 4.77. The Bertz CT molecular complexity index is 308. The minimum atomic E-state index is 0.749. The van der Waals surface area contributed by atoms with Crippen LogP contribution in [0.2, 0.25) is 0 Å². The molecular weight excluding hydrogens is 176 g/mol. The number of rotatable bonds is 3. The molecule has 1 aliphatic heterocycles. The Hall–Kier alpha value is -1.35. The molecule has 3 heteroatoms. The fourth-order valence-corrected chi connectivity index (χ4v) is 1.40. The summed E-state index contributed by atoms with van der Waals surface area (Å²) in [4.78, 5) is 4.19. The van der Waals surface area contributed by atoms with Crippen LogP contribution >= 0.6 is 0 Å². The van der Waals surface area contributed by atoms with Crippen LogP contribution in [0.4, 0.5) is 5.82 Å². The van der Waals surface area contributed by atoms with Crippen molar-refractivity contribution in [3.63, 3.8) is 0 Å². The fourth-order valence-electron chi connectivity index (χ4n) is 1.40. The van der Waals surface area contributed by atoms with Crippen molar-refractivity contribution in [2.45, 2.75) is 6.42 Å². The molecule has 0 fully saturated rings. The van der Waals surface area contributed by atoms with Crippen molar-refractivity contribution in [3.05, 3.63) is 36.0 Å². The van der Waals surface area contributed by atoms with Gasteiger partial charge in [-0.25, -0.2) is 4.98 Å². The van der Waals surface area contributed by atoms with Crippen molar-refractivity contribution in [1.82, 2.24) is 4.98 Å². The first kappa shape index (κ1) is 9.21. The van der Waals surface area contributed by atoms with Gasteiger partial charge in [0.05, 0.1) is 13.2 Å². The smallest absolute Gasteiger partial charge is 0.126 e. The van der Waals surface area contributed by atoms with E-state index in [4.69, 9.17) is 4.74 Å². The molecule has 0 radical (unpaired) electrons. The third-order valence-corrected chi connectivity index (χ3v) is 2.22. The van der Waals surface area contributed by atoms with Gasteiger partial charge in [0.2, 0.25) is 0 Å². The van der Waals surface area contributed by atoms with Gasteiger partial charge in [-0.05, 0) is 18.6 Å². The second-order valence-corrected chi connectivity index (χ2v) is 3.26. The maximum absolute atomic E-state index is 5.23. The van der Waals surface area contributed by atoms with Crippen LogP contribution in [-0.2, 0) is 4.74 Å². The summed E-state index contributed by atoms with van der Waals surface area (Å²) in [5.74, 6) is 0.930. The standard InChI is InChI=1S/C11H14N2O/c1-2-6-12-11(3-1)13-9-10-4-7-14-8-5-10/h1-4,6H,5,7-9H2,(H,12,13). The first-order chi connectivity index (χ1) is 6.95. The lowest BCUT2D eigenvalue weighted by Gasteiger charge is -2.14. The Morgan fingerprint density at radius 3 is 3.14 bits per heavy atom. The summed E-state index contributed by atoms with van der Waals surface area (Å²) in [6, 6.07) is 5.87. The van der Waals surface area contributed by atoms with E-state index >= 15 is 0 Å². The van der Waals surface area contributed by atoms with E-state index in [1.54, 1.807) is 6.20 Å². The van der Waals surface area contributed by atoms with Gasteiger partial charge in [0.1, 0.15) is 5.82 Å². The van der Waals surface area contributed by atoms with Gasteiger partial charge in [-0.2, -0.15) is 0 Å². The van der Waals surface area contributed by atoms with E-state index in [-0.39, 0.29) is 0 Å². The third-order valence-electron chi connectivity index (χ3n) is 2.22. The van der Waals surface area contributed by atoms with Gasteiger partial charge in [0.15, 0.2) is 0 Å². The average molecular weight is 190 g/mol. The fraction of sp³-hybridized carbons (Fsp3) is 0.364. The molecule has 0 saturated heterocycles. The van der Waals surface area contributed by atoms with Crippen LogP contribution in [0.1, 0.15) is 6.42 Å². The molecule has 0 aliphatic carbocycles. The number of nitrogens with one attached hydrogen (secondary N) is 1. The number of anilines is 1. The number of aromatic nitrogens is 1. The van der Waals surface area contributed by atoms with Crippen molar-refractivity contribution in [2.75, 3.05) is 25.1 Å². The van der Waals surface area contributed by atoms with Crippen LogP contribution in [0.25, 0.3) is 0 Å². The molecule has 1 aromatic heterocycles. The SMILES string of the molecule is C1=C(CNc2ccccn2)CCOC1. The highest BCUT2D eigenvalue weighted by molar-refractivity contribution is 5.35. The first-order valence-electron chi connectivity index (χ1n) is 4.86. The summed E-state index contributed by atoms with van der Waals surface area (Å²) in [5, 5.41) is 3.28. The summed E-state index contributed by atoms with van der Waals surface area (Å²) in [6.45, 7) is 2.47. The lowest BCUT2D eigenvalue weighted by atomic mass is 10.1. The van der Waals surface area contributed by atoms with Crippen molar-refractivity contribution >= 4 is 5.82 Å². The van der Waals surface area contributed by atoms with Crippen LogP contribution in [0.15, 0.2) is 36.0 Å². The molecule has 1 N–H and O–H groups in total. The Balaban J connectivity index is 1.85. The van der Waals surface area contributed by atoms with Crippen LogP contribution in [0.3, 0.4) is 0 Å². The molecule has 2 rings (SSSR count). The molecule has 0 amide bonds. The molecule has 0 unspecified atom stereocenters. The molecule has 14 heavy (non-hydrogen) atoms. The highest BCUT2D eigenvalue weighted by Gasteiger charge is 2.02. The zero-order chi connectivity index (χ0) is 9.64. The molecular formula is C11H14N2O. The van der Waals surface area contributed by atoms with Gasteiger partial charge in [-0.1, -0.05) is 17.7 Å². The topological polar surface area (TPSA) is 34.2 Å². The number of pyridine rings is 1. The van der Waals surface area contributed by atoms with Crippen LogP contribution in [-0.4, -0.2) is 24.7 Å². The van der Waals surface area contributed by atoms with E-state index in [0.717, 1.165) is 32.0 Å². The molecule has 0 aromatic carbocycles. The molecule has 1 aromatic rings. The number of ether oxygens (including phenoxy) is 1. The van der Waals surface area contributed by atoms with Crippen LogP contribution < -0.4 is 5.32 Å². The van der Waals surface area contributed by atoms with E-state index in [9.17, 15) is 0 Å². The highest BCUT2D eigenvalue weighted by atomic mass is 16.5. The maximum Gasteiger partial charge on any atom is 0.126 e. The van der Waals surface area contributed by atoms with Gasteiger partial charge < -0.3 is 10.1 Å². The Kier molecular flexibility index (Phi) is 3.14. The molecule has 0 bridgehead atoms. The highest BCUT2D eigenvalue weighted by Crippen LogP contribution is 2.08. The van der Waals surface area contributed by atoms with Crippen LogP contribution in [0.5, 0.6) is 0 Å². The summed E-state index contributed by atoms with van der Waals surface area (Å²) in [7, 11) is 0. The minimum Gasteiger partial charge on any atom is -0.377 e. The van der Waals surface area contributed by atoms with Crippen molar-refractivity contribution in [1.29, 1.82) is 0 Å². The second-order valence-electron chi connectivity index (χ2n) is 3.26. The first-order valence-corrected chi connectivity index (χ1v) is 4.86. The number of hydrogen-bond acceptors (Lipinski definition) is 3. The van der Waals surface area contributed by atoms with Crippen molar-refractivity contribution < 1.29 is 4.74 Å². The molecule has 1 aliphatic rings. The van der Waals surface area contributed by atoms with E-state index in [2.05, 4.69) is 16.4 Å². The van der Waals surface area contributed by atoms with Gasteiger partial charge in [0.25, 0.3) is 0 Å². The maximum atomic E-state index is 5.23. The third kappa shape index (κ3) is 2.57. The largest absolute Gasteiger partial charge is 0.377 e. The Labute approximate surface area is 83.8 Å². The number of nitrogens with zero attached hydrogens (tertiary/aromatic N) is 1. The van der Waals surface area contributed by atoms with E-state index in [1.807, 2.05) is 18.2 Å². The van der Waals surface area contributed by atoms with Crippen molar-refractivity contribution in [3.8, 4) is 0 Å². The van der Waals surface area contributed by atoms with E-state index in [0.29, 0.717) is 0 Å². The molecule has 0 saturated carbocycles. The normalized spacial score (nSPS) is 16.1. The predicted molar refractivity (Wildman–Crippen MR) is 56.2 cm³/mol. The van der Waals surface area contributed by atoms with Crippen molar-refractivity contribution in [2.24, 2.45) is 0 Å².